The molecule has 0 fully saturated rings. The van der Waals surface area contributed by atoms with Crippen molar-refractivity contribution in [1.82, 2.24) is 0 Å². The van der Waals surface area contributed by atoms with Gasteiger partial charge in [0.15, 0.2) is 6.10 Å². The second kappa shape index (κ2) is 8.24. The van der Waals surface area contributed by atoms with Gasteiger partial charge in [-0.05, 0) is 73.5 Å². The molecule has 0 saturated heterocycles. The van der Waals surface area contributed by atoms with E-state index in [1.807, 2.05) is 32.0 Å². The molecule has 3 aromatic rings. The third-order valence-corrected chi connectivity index (χ3v) is 6.96. The summed E-state index contributed by atoms with van der Waals surface area (Å²) >= 11 is 5.91. The number of ether oxygens (including phenoxy) is 1. The monoisotopic (exact) mass is 456 g/mol. The molecule has 1 unspecified atom stereocenters. The Morgan fingerprint density at radius 1 is 1.03 bits per heavy atom. The van der Waals surface area contributed by atoms with E-state index in [2.05, 4.69) is 5.32 Å². The van der Waals surface area contributed by atoms with E-state index in [0.29, 0.717) is 22.1 Å². The van der Waals surface area contributed by atoms with Crippen LogP contribution in [0.1, 0.15) is 11.1 Å². The highest BCUT2D eigenvalue weighted by Crippen LogP contribution is 2.37. The van der Waals surface area contributed by atoms with Crippen LogP contribution < -0.4 is 14.4 Å². The van der Waals surface area contributed by atoms with Crippen LogP contribution in [0.5, 0.6) is 5.75 Å². The number of para-hydroxylation sites is 2. The van der Waals surface area contributed by atoms with Crippen molar-refractivity contribution in [2.75, 3.05) is 16.2 Å². The fraction of sp³-hybridized carbons (Fsp3) is 0.174. The number of carbonyl (C=O) groups excluding carboxylic acids is 1. The number of hydrogen-bond acceptors (Lipinski definition) is 4. The Balaban J connectivity index is 1.67. The zero-order valence-electron chi connectivity index (χ0n) is 17.0. The van der Waals surface area contributed by atoms with E-state index in [-0.39, 0.29) is 11.4 Å². The highest BCUT2D eigenvalue weighted by Gasteiger charge is 2.37. The Labute approximate surface area is 186 Å². The van der Waals surface area contributed by atoms with E-state index in [1.165, 1.54) is 28.6 Å². The highest BCUT2D eigenvalue weighted by molar-refractivity contribution is 7.92. The van der Waals surface area contributed by atoms with Crippen molar-refractivity contribution in [2.45, 2.75) is 24.8 Å². The van der Waals surface area contributed by atoms with Crippen LogP contribution in [0.15, 0.2) is 71.6 Å². The molecule has 160 valence electrons. The summed E-state index contributed by atoms with van der Waals surface area (Å²) in [5.74, 6) is -0.0947. The zero-order valence-corrected chi connectivity index (χ0v) is 18.6. The molecule has 1 aliphatic heterocycles. The largest absolute Gasteiger partial charge is 0.476 e. The summed E-state index contributed by atoms with van der Waals surface area (Å²) in [4.78, 5) is 13.1. The van der Waals surface area contributed by atoms with E-state index in [4.69, 9.17) is 16.3 Å². The van der Waals surface area contributed by atoms with Crippen LogP contribution in [0.3, 0.4) is 0 Å². The van der Waals surface area contributed by atoms with Gasteiger partial charge in [-0.25, -0.2) is 8.42 Å². The number of benzene rings is 3. The van der Waals surface area contributed by atoms with Gasteiger partial charge in [-0.1, -0.05) is 29.8 Å². The average Bonchev–Trinajstić information content (AvgIpc) is 2.72. The topological polar surface area (TPSA) is 75.7 Å². The van der Waals surface area contributed by atoms with E-state index in [0.717, 1.165) is 11.1 Å². The van der Waals surface area contributed by atoms with Crippen molar-refractivity contribution in [3.8, 4) is 5.75 Å². The van der Waals surface area contributed by atoms with Gasteiger partial charge >= 0.3 is 0 Å². The molecule has 1 N–H and O–H groups in total. The summed E-state index contributed by atoms with van der Waals surface area (Å²) < 4.78 is 33.8. The Morgan fingerprint density at radius 3 is 2.35 bits per heavy atom. The van der Waals surface area contributed by atoms with Crippen molar-refractivity contribution in [3.63, 3.8) is 0 Å². The number of nitrogens with zero attached hydrogens (tertiary/aromatic N) is 1. The molecule has 1 atom stereocenters. The van der Waals surface area contributed by atoms with Crippen molar-refractivity contribution in [3.05, 3.63) is 82.9 Å². The minimum atomic E-state index is -3.93. The molecule has 8 heteroatoms. The molecular weight excluding hydrogens is 436 g/mol. The number of halogens is 1. The number of sulfonamides is 1. The van der Waals surface area contributed by atoms with Gasteiger partial charge in [0.05, 0.1) is 17.1 Å². The Hall–Kier alpha value is -3.03. The first kappa shape index (κ1) is 21.2. The minimum absolute atomic E-state index is 0.0853. The Kier molecular flexibility index (Phi) is 5.64. The maximum atomic E-state index is 13.4. The Bertz CT molecular complexity index is 1220. The molecule has 1 aliphatic rings. The lowest BCUT2D eigenvalue weighted by molar-refractivity contribution is -0.122. The molecule has 0 saturated carbocycles. The molecule has 0 bridgehead atoms. The van der Waals surface area contributed by atoms with Gasteiger partial charge < -0.3 is 10.1 Å². The number of hydrogen-bond donors (Lipinski definition) is 1. The first-order valence-corrected chi connectivity index (χ1v) is 11.5. The smallest absolute Gasteiger partial charge is 0.267 e. The van der Waals surface area contributed by atoms with Gasteiger partial charge in [0.2, 0.25) is 0 Å². The highest BCUT2D eigenvalue weighted by atomic mass is 35.5. The van der Waals surface area contributed by atoms with Crippen LogP contribution in [-0.4, -0.2) is 27.0 Å². The summed E-state index contributed by atoms with van der Waals surface area (Å²) in [6, 6.07) is 18.4. The third kappa shape index (κ3) is 4.38. The number of nitrogens with one attached hydrogen (secondary N) is 1. The molecule has 0 aromatic heterocycles. The predicted octanol–water partition coefficient (Wildman–Crippen LogP) is 4.55. The van der Waals surface area contributed by atoms with Crippen LogP contribution >= 0.6 is 11.6 Å². The predicted molar refractivity (Wildman–Crippen MR) is 121 cm³/mol. The summed E-state index contributed by atoms with van der Waals surface area (Å²) in [7, 11) is -3.93. The maximum Gasteiger partial charge on any atom is 0.267 e. The number of fused-ring (bicyclic) bond motifs is 1. The molecule has 0 spiro atoms. The fourth-order valence-corrected chi connectivity index (χ4v) is 5.17. The van der Waals surface area contributed by atoms with Gasteiger partial charge in [0.25, 0.3) is 15.9 Å². The Morgan fingerprint density at radius 2 is 1.68 bits per heavy atom. The number of amides is 1. The van der Waals surface area contributed by atoms with Crippen molar-refractivity contribution in [1.29, 1.82) is 0 Å². The lowest BCUT2D eigenvalue weighted by atomic mass is 10.1. The van der Waals surface area contributed by atoms with Gasteiger partial charge in [-0.3, -0.25) is 9.10 Å². The van der Waals surface area contributed by atoms with Gasteiger partial charge in [0, 0.05) is 10.7 Å². The molecule has 1 heterocycles. The molecule has 31 heavy (non-hydrogen) atoms. The first-order chi connectivity index (χ1) is 14.7. The third-order valence-electron chi connectivity index (χ3n) is 4.92. The van der Waals surface area contributed by atoms with Crippen LogP contribution in [0.25, 0.3) is 0 Å². The lowest BCUT2D eigenvalue weighted by Gasteiger charge is -2.34. The quantitative estimate of drug-likeness (QED) is 0.624. The molecule has 0 aliphatic carbocycles. The zero-order chi connectivity index (χ0) is 22.2. The second-order valence-corrected chi connectivity index (χ2v) is 9.73. The minimum Gasteiger partial charge on any atom is -0.476 e. The number of aryl methyl sites for hydroxylation is 2. The van der Waals surface area contributed by atoms with Crippen LogP contribution in [-0.2, 0) is 14.8 Å². The fourth-order valence-electron chi connectivity index (χ4n) is 3.57. The molecule has 1 amide bonds. The summed E-state index contributed by atoms with van der Waals surface area (Å²) in [6.45, 7) is 3.73. The molecule has 3 aromatic carbocycles. The molecule has 4 rings (SSSR count). The standard InChI is InChI=1S/C23H21ClN2O4S/c1-15-11-16(2)13-18(12-15)25-23(27)22-14-26(20-5-3-4-6-21(20)30-22)31(28,29)19-9-7-17(24)8-10-19/h3-13,22H,14H2,1-2H3,(H,25,27). The summed E-state index contributed by atoms with van der Waals surface area (Å²) in [6.07, 6.45) is -1.02. The van der Waals surface area contributed by atoms with E-state index in [1.54, 1.807) is 24.3 Å². The van der Waals surface area contributed by atoms with Crippen molar-refractivity contribution < 1.29 is 17.9 Å². The van der Waals surface area contributed by atoms with Crippen LogP contribution in [0.2, 0.25) is 5.02 Å². The van der Waals surface area contributed by atoms with Crippen LogP contribution in [0, 0.1) is 13.8 Å². The second-order valence-electron chi connectivity index (χ2n) is 7.43. The number of anilines is 2. The summed E-state index contributed by atoms with van der Waals surface area (Å²) in [5.41, 5.74) is 3.04. The number of rotatable bonds is 4. The van der Waals surface area contributed by atoms with Crippen molar-refractivity contribution >= 4 is 38.9 Å². The van der Waals surface area contributed by atoms with E-state index >= 15 is 0 Å². The summed E-state index contributed by atoms with van der Waals surface area (Å²) in [5, 5.41) is 3.28. The van der Waals surface area contributed by atoms with Gasteiger partial charge in [-0.15, -0.1) is 0 Å². The molecule has 0 radical (unpaired) electrons. The number of carbonyl (C=O) groups is 1. The van der Waals surface area contributed by atoms with E-state index < -0.39 is 22.0 Å². The average molecular weight is 457 g/mol. The van der Waals surface area contributed by atoms with Gasteiger partial charge in [-0.2, -0.15) is 0 Å². The molecule has 6 nitrogen and oxygen atoms in total. The van der Waals surface area contributed by atoms with Gasteiger partial charge in [0.1, 0.15) is 5.75 Å². The van der Waals surface area contributed by atoms with Crippen molar-refractivity contribution in [2.24, 2.45) is 0 Å². The first-order valence-electron chi connectivity index (χ1n) is 9.67. The lowest BCUT2D eigenvalue weighted by Crippen LogP contribution is -2.48. The molecular formula is C23H21ClN2O4S. The van der Waals surface area contributed by atoms with E-state index in [9.17, 15) is 13.2 Å². The maximum absolute atomic E-state index is 13.4. The normalized spacial score (nSPS) is 15.7. The van der Waals surface area contributed by atoms with Crippen LogP contribution in [0.4, 0.5) is 11.4 Å². The SMILES string of the molecule is Cc1cc(C)cc(NC(=O)C2CN(S(=O)(=O)c3ccc(Cl)cc3)c3ccccc3O2)c1.